The van der Waals surface area contributed by atoms with Crippen molar-refractivity contribution < 1.29 is 4.79 Å². The Morgan fingerprint density at radius 2 is 2.12 bits per heavy atom. The summed E-state index contributed by atoms with van der Waals surface area (Å²) in [7, 11) is 0. The van der Waals surface area contributed by atoms with Gasteiger partial charge in [-0.05, 0) is 19.1 Å². The molecule has 1 amide bonds. The number of anilines is 1. The largest absolute Gasteiger partial charge is 0.356 e. The van der Waals surface area contributed by atoms with Crippen LogP contribution in [0.2, 0.25) is 10.2 Å². The van der Waals surface area contributed by atoms with E-state index in [0.717, 1.165) is 0 Å². The summed E-state index contributed by atoms with van der Waals surface area (Å²) in [6.07, 6.45) is 1.51. The van der Waals surface area contributed by atoms with Crippen molar-refractivity contribution in [1.82, 2.24) is 15.0 Å². The van der Waals surface area contributed by atoms with Gasteiger partial charge in [-0.2, -0.15) is 0 Å². The topological polar surface area (TPSA) is 70.7 Å². The third-order valence-corrected chi connectivity index (χ3v) is 2.35. The molecule has 0 aliphatic rings. The van der Waals surface area contributed by atoms with E-state index in [1.807, 2.05) is 0 Å². The van der Waals surface area contributed by atoms with Crippen molar-refractivity contribution in [3.63, 3.8) is 0 Å². The number of hydrogen-bond acceptors (Lipinski definition) is 3. The van der Waals surface area contributed by atoms with Crippen LogP contribution in [0, 0.1) is 6.92 Å². The molecule has 2 aromatic heterocycles. The lowest BCUT2D eigenvalue weighted by atomic mass is 10.4. The van der Waals surface area contributed by atoms with E-state index >= 15 is 0 Å². The standard InChI is InChI=1S/C10H8Cl2N4O/c1-5-2-8(12)15-10(14-5)16-9(17)7-3-6(11)4-13-7/h2-4,13H,1H3,(H,14,15,16,17). The van der Waals surface area contributed by atoms with Crippen molar-refractivity contribution in [3.05, 3.63) is 39.9 Å². The molecule has 0 aliphatic heterocycles. The van der Waals surface area contributed by atoms with Gasteiger partial charge in [-0.15, -0.1) is 0 Å². The Kier molecular flexibility index (Phi) is 3.31. The van der Waals surface area contributed by atoms with Crippen LogP contribution in [0.5, 0.6) is 0 Å². The Morgan fingerprint density at radius 1 is 1.35 bits per heavy atom. The Balaban J connectivity index is 2.18. The lowest BCUT2D eigenvalue weighted by molar-refractivity contribution is 0.102. The fourth-order valence-corrected chi connectivity index (χ4v) is 1.66. The minimum atomic E-state index is -0.376. The number of H-pyrrole nitrogens is 1. The van der Waals surface area contributed by atoms with E-state index in [1.54, 1.807) is 13.0 Å². The van der Waals surface area contributed by atoms with Gasteiger partial charge in [-0.25, -0.2) is 9.97 Å². The first-order valence-corrected chi connectivity index (χ1v) is 5.46. The van der Waals surface area contributed by atoms with Crippen molar-refractivity contribution in [1.29, 1.82) is 0 Å². The molecule has 0 saturated heterocycles. The number of carbonyl (C=O) groups excluding carboxylic acids is 1. The molecular formula is C10H8Cl2N4O. The lowest BCUT2D eigenvalue weighted by Crippen LogP contribution is -2.14. The maximum atomic E-state index is 11.7. The highest BCUT2D eigenvalue weighted by Crippen LogP contribution is 2.13. The summed E-state index contributed by atoms with van der Waals surface area (Å²) in [5.41, 5.74) is 1.00. The van der Waals surface area contributed by atoms with Crippen LogP contribution in [0.3, 0.4) is 0 Å². The zero-order valence-electron chi connectivity index (χ0n) is 8.79. The second-order valence-corrected chi connectivity index (χ2v) is 4.17. The number of halogens is 2. The number of nitrogens with one attached hydrogen (secondary N) is 2. The summed E-state index contributed by atoms with van der Waals surface area (Å²) >= 11 is 11.4. The molecule has 0 fully saturated rings. The molecule has 0 bridgehead atoms. The van der Waals surface area contributed by atoms with Crippen molar-refractivity contribution in [3.8, 4) is 0 Å². The first-order chi connectivity index (χ1) is 8.04. The van der Waals surface area contributed by atoms with E-state index in [0.29, 0.717) is 16.4 Å². The zero-order chi connectivity index (χ0) is 12.4. The predicted molar refractivity (Wildman–Crippen MR) is 65.5 cm³/mol. The minimum Gasteiger partial charge on any atom is -0.356 e. The van der Waals surface area contributed by atoms with Gasteiger partial charge in [0.2, 0.25) is 5.95 Å². The van der Waals surface area contributed by atoms with Crippen molar-refractivity contribution in [2.75, 3.05) is 5.32 Å². The SMILES string of the molecule is Cc1cc(Cl)nc(NC(=O)c2cc(Cl)c[nH]2)n1. The second kappa shape index (κ2) is 4.73. The number of rotatable bonds is 2. The van der Waals surface area contributed by atoms with E-state index in [1.165, 1.54) is 12.3 Å². The van der Waals surface area contributed by atoms with Crippen LogP contribution in [0.25, 0.3) is 0 Å². The average molecular weight is 271 g/mol. The van der Waals surface area contributed by atoms with Gasteiger partial charge in [0.25, 0.3) is 5.91 Å². The molecule has 17 heavy (non-hydrogen) atoms. The van der Waals surface area contributed by atoms with E-state index in [9.17, 15) is 4.79 Å². The van der Waals surface area contributed by atoms with Gasteiger partial charge in [0.05, 0.1) is 5.02 Å². The Bertz CT molecular complexity index is 547. The van der Waals surface area contributed by atoms with E-state index in [2.05, 4.69) is 20.3 Å². The third-order valence-electron chi connectivity index (χ3n) is 1.94. The van der Waals surface area contributed by atoms with Gasteiger partial charge in [-0.1, -0.05) is 23.2 Å². The average Bonchev–Trinajstić information content (AvgIpc) is 2.63. The highest BCUT2D eigenvalue weighted by Gasteiger charge is 2.10. The summed E-state index contributed by atoms with van der Waals surface area (Å²) < 4.78 is 0. The van der Waals surface area contributed by atoms with E-state index in [-0.39, 0.29) is 17.0 Å². The summed E-state index contributed by atoms with van der Waals surface area (Å²) in [6, 6.07) is 3.11. The summed E-state index contributed by atoms with van der Waals surface area (Å²) in [5, 5.41) is 3.25. The van der Waals surface area contributed by atoms with Crippen LogP contribution in [-0.2, 0) is 0 Å². The summed E-state index contributed by atoms with van der Waals surface area (Å²) in [5.74, 6) is -0.218. The van der Waals surface area contributed by atoms with E-state index < -0.39 is 0 Å². The Labute approximate surface area is 107 Å². The van der Waals surface area contributed by atoms with Gasteiger partial charge >= 0.3 is 0 Å². The first kappa shape index (κ1) is 11.9. The van der Waals surface area contributed by atoms with Crippen LogP contribution in [0.15, 0.2) is 18.3 Å². The van der Waals surface area contributed by atoms with Gasteiger partial charge in [0.1, 0.15) is 10.8 Å². The fraction of sp³-hybridized carbons (Fsp3) is 0.100. The van der Waals surface area contributed by atoms with Crippen LogP contribution in [-0.4, -0.2) is 20.9 Å². The summed E-state index contributed by atoms with van der Waals surface area (Å²) in [6.45, 7) is 1.76. The van der Waals surface area contributed by atoms with Crippen molar-refractivity contribution >= 4 is 35.1 Å². The maximum Gasteiger partial charge on any atom is 0.274 e. The monoisotopic (exact) mass is 270 g/mol. The third kappa shape index (κ3) is 2.95. The molecule has 2 N–H and O–H groups in total. The fourth-order valence-electron chi connectivity index (χ4n) is 1.25. The molecule has 0 spiro atoms. The molecule has 0 unspecified atom stereocenters. The van der Waals surface area contributed by atoms with Crippen LogP contribution >= 0.6 is 23.2 Å². The first-order valence-electron chi connectivity index (χ1n) is 4.71. The highest BCUT2D eigenvalue weighted by molar-refractivity contribution is 6.31. The van der Waals surface area contributed by atoms with Crippen LogP contribution in [0.1, 0.15) is 16.2 Å². The molecule has 0 aromatic carbocycles. The molecule has 0 aliphatic carbocycles. The minimum absolute atomic E-state index is 0.158. The number of aromatic amines is 1. The van der Waals surface area contributed by atoms with Crippen molar-refractivity contribution in [2.24, 2.45) is 0 Å². The highest BCUT2D eigenvalue weighted by atomic mass is 35.5. The molecule has 2 aromatic rings. The number of hydrogen-bond donors (Lipinski definition) is 2. The van der Waals surface area contributed by atoms with Crippen molar-refractivity contribution in [2.45, 2.75) is 6.92 Å². The molecule has 0 saturated carbocycles. The van der Waals surface area contributed by atoms with Gasteiger partial charge < -0.3 is 4.98 Å². The Morgan fingerprint density at radius 3 is 2.71 bits per heavy atom. The maximum absolute atomic E-state index is 11.7. The summed E-state index contributed by atoms with van der Waals surface area (Å²) in [4.78, 5) is 22.4. The molecule has 5 nitrogen and oxygen atoms in total. The van der Waals surface area contributed by atoms with Gasteiger partial charge in [0.15, 0.2) is 0 Å². The molecule has 2 heterocycles. The smallest absolute Gasteiger partial charge is 0.274 e. The second-order valence-electron chi connectivity index (χ2n) is 3.34. The number of carbonyl (C=O) groups is 1. The van der Waals surface area contributed by atoms with Crippen LogP contribution in [0.4, 0.5) is 5.95 Å². The number of aryl methyl sites for hydroxylation is 1. The van der Waals surface area contributed by atoms with Gasteiger partial charge in [-0.3, -0.25) is 10.1 Å². The number of aromatic nitrogens is 3. The molecule has 2 rings (SSSR count). The number of nitrogens with zero attached hydrogens (tertiary/aromatic N) is 2. The predicted octanol–water partition coefficient (Wildman–Crippen LogP) is 2.67. The Hall–Kier alpha value is -1.59. The molecule has 88 valence electrons. The zero-order valence-corrected chi connectivity index (χ0v) is 10.3. The lowest BCUT2D eigenvalue weighted by Gasteiger charge is -2.03. The normalized spacial score (nSPS) is 10.3. The van der Waals surface area contributed by atoms with Crippen LogP contribution < -0.4 is 5.32 Å². The molecule has 7 heteroatoms. The molecular weight excluding hydrogens is 263 g/mol. The molecule has 0 atom stereocenters. The molecule has 0 radical (unpaired) electrons. The quantitative estimate of drug-likeness (QED) is 0.825. The number of amides is 1. The van der Waals surface area contributed by atoms with Gasteiger partial charge in [0, 0.05) is 11.9 Å². The van der Waals surface area contributed by atoms with E-state index in [4.69, 9.17) is 23.2 Å².